The van der Waals surface area contributed by atoms with Gasteiger partial charge in [-0.05, 0) is 59.8 Å². The Hall–Kier alpha value is -0.580. The van der Waals surface area contributed by atoms with Gasteiger partial charge in [-0.1, -0.05) is 18.9 Å². The number of halogens is 1. The van der Waals surface area contributed by atoms with E-state index >= 15 is 0 Å². The molecule has 4 heteroatoms. The van der Waals surface area contributed by atoms with Crippen LogP contribution in [0.25, 0.3) is 0 Å². The second kappa shape index (κ2) is 5.90. The lowest BCUT2D eigenvalue weighted by Crippen LogP contribution is -2.53. The highest BCUT2D eigenvalue weighted by Gasteiger charge is 2.42. The summed E-state index contributed by atoms with van der Waals surface area (Å²) in [6, 6.07) is 6.08. The van der Waals surface area contributed by atoms with Crippen LogP contribution in [-0.2, 0) is 0 Å². The molecule has 0 bridgehead atoms. The molecule has 1 aromatic rings. The zero-order valence-corrected chi connectivity index (χ0v) is 14.1. The van der Waals surface area contributed by atoms with E-state index in [9.17, 15) is 10.2 Å². The number of anilines is 1. The van der Waals surface area contributed by atoms with Crippen molar-refractivity contribution in [3.63, 3.8) is 0 Å². The minimum absolute atomic E-state index is 0.392. The molecule has 0 spiro atoms. The minimum atomic E-state index is -0.444. The highest BCUT2D eigenvalue weighted by atomic mass is 79.9. The number of aliphatic hydroxyl groups is 2. The SMILES string of the molecule is C[C@H](O)c1ccc(N2CCC3(O)CCCCC3C2)c(Br)c1. The van der Waals surface area contributed by atoms with E-state index in [-0.39, 0.29) is 0 Å². The quantitative estimate of drug-likeness (QED) is 0.852. The number of fused-ring (bicyclic) bond motifs is 1. The van der Waals surface area contributed by atoms with E-state index in [4.69, 9.17) is 0 Å². The van der Waals surface area contributed by atoms with Crippen LogP contribution in [0, 0.1) is 5.92 Å². The predicted molar refractivity (Wildman–Crippen MR) is 88.5 cm³/mol. The second-order valence-corrected chi connectivity index (χ2v) is 7.48. The molecule has 2 fully saturated rings. The molecule has 2 N–H and O–H groups in total. The Morgan fingerprint density at radius 1 is 1.33 bits per heavy atom. The summed E-state index contributed by atoms with van der Waals surface area (Å²) in [7, 11) is 0. The van der Waals surface area contributed by atoms with Crippen LogP contribution in [0.4, 0.5) is 5.69 Å². The van der Waals surface area contributed by atoms with Crippen molar-refractivity contribution >= 4 is 21.6 Å². The Morgan fingerprint density at radius 2 is 2.14 bits per heavy atom. The van der Waals surface area contributed by atoms with Crippen molar-refractivity contribution in [3.8, 4) is 0 Å². The summed E-state index contributed by atoms with van der Waals surface area (Å²) < 4.78 is 1.03. The van der Waals surface area contributed by atoms with Crippen molar-refractivity contribution in [2.45, 2.75) is 50.7 Å². The summed E-state index contributed by atoms with van der Waals surface area (Å²) in [5.74, 6) is 0.392. The molecule has 1 aliphatic carbocycles. The number of nitrogens with zero attached hydrogens (tertiary/aromatic N) is 1. The third kappa shape index (κ3) is 2.99. The molecule has 0 amide bonds. The van der Waals surface area contributed by atoms with E-state index in [1.807, 2.05) is 12.1 Å². The smallest absolute Gasteiger partial charge is 0.0762 e. The number of benzene rings is 1. The molecule has 2 aliphatic rings. The molecule has 0 aromatic heterocycles. The molecule has 2 unspecified atom stereocenters. The molecule has 1 aliphatic heterocycles. The average Bonchev–Trinajstić information content (AvgIpc) is 2.46. The molecule has 116 valence electrons. The van der Waals surface area contributed by atoms with E-state index in [0.29, 0.717) is 5.92 Å². The van der Waals surface area contributed by atoms with Crippen LogP contribution in [0.2, 0.25) is 0 Å². The van der Waals surface area contributed by atoms with E-state index in [2.05, 4.69) is 26.9 Å². The number of rotatable bonds is 2. The van der Waals surface area contributed by atoms with Gasteiger partial charge >= 0.3 is 0 Å². The molecule has 21 heavy (non-hydrogen) atoms. The zero-order valence-electron chi connectivity index (χ0n) is 12.6. The number of piperidine rings is 1. The van der Waals surface area contributed by atoms with Crippen molar-refractivity contribution in [2.75, 3.05) is 18.0 Å². The molecule has 3 atom stereocenters. The monoisotopic (exact) mass is 353 g/mol. The molecular formula is C17H24BrNO2. The van der Waals surface area contributed by atoms with Gasteiger partial charge in [-0.15, -0.1) is 0 Å². The van der Waals surface area contributed by atoms with Gasteiger partial charge in [0.05, 0.1) is 17.4 Å². The van der Waals surface area contributed by atoms with E-state index < -0.39 is 11.7 Å². The standard InChI is InChI=1S/C17H24BrNO2/c1-12(20)13-5-6-16(15(18)10-13)19-9-8-17(21)7-3-2-4-14(17)11-19/h5-6,10,12,14,20-21H,2-4,7-9,11H2,1H3/t12-,14?,17?/m0/s1. The largest absolute Gasteiger partial charge is 0.389 e. The first kappa shape index (κ1) is 15.3. The van der Waals surface area contributed by atoms with Crippen molar-refractivity contribution in [1.82, 2.24) is 0 Å². The van der Waals surface area contributed by atoms with E-state index in [1.165, 1.54) is 18.5 Å². The van der Waals surface area contributed by atoms with Gasteiger partial charge < -0.3 is 15.1 Å². The maximum absolute atomic E-state index is 10.8. The molecule has 1 saturated heterocycles. The summed E-state index contributed by atoms with van der Waals surface area (Å²) in [6.45, 7) is 3.62. The Balaban J connectivity index is 1.79. The first-order valence-corrected chi connectivity index (χ1v) is 8.74. The Morgan fingerprint density at radius 3 is 2.86 bits per heavy atom. The first-order valence-electron chi connectivity index (χ1n) is 7.94. The van der Waals surface area contributed by atoms with Crippen molar-refractivity contribution in [1.29, 1.82) is 0 Å². The van der Waals surface area contributed by atoms with Crippen molar-refractivity contribution in [2.24, 2.45) is 5.92 Å². The summed E-state index contributed by atoms with van der Waals surface area (Å²) in [6.07, 6.45) is 4.93. The summed E-state index contributed by atoms with van der Waals surface area (Å²) in [4.78, 5) is 2.38. The fourth-order valence-electron chi connectivity index (χ4n) is 3.83. The molecule has 1 heterocycles. The van der Waals surface area contributed by atoms with Crippen LogP contribution in [0.3, 0.4) is 0 Å². The van der Waals surface area contributed by atoms with Gasteiger partial charge in [-0.2, -0.15) is 0 Å². The van der Waals surface area contributed by atoms with Gasteiger partial charge in [-0.25, -0.2) is 0 Å². The van der Waals surface area contributed by atoms with Gasteiger partial charge in [0.15, 0.2) is 0 Å². The Kier molecular flexibility index (Phi) is 4.30. The third-order valence-corrected chi connectivity index (χ3v) is 5.86. The fourth-order valence-corrected chi connectivity index (χ4v) is 4.48. The molecule has 0 radical (unpaired) electrons. The fraction of sp³-hybridized carbons (Fsp3) is 0.647. The van der Waals surface area contributed by atoms with Crippen molar-refractivity contribution in [3.05, 3.63) is 28.2 Å². The van der Waals surface area contributed by atoms with Crippen LogP contribution >= 0.6 is 15.9 Å². The summed E-state index contributed by atoms with van der Waals surface area (Å²) in [5.41, 5.74) is 1.67. The van der Waals surface area contributed by atoms with Crippen LogP contribution in [0.1, 0.15) is 50.7 Å². The molecule has 1 aromatic carbocycles. The van der Waals surface area contributed by atoms with Crippen LogP contribution in [-0.4, -0.2) is 28.9 Å². The topological polar surface area (TPSA) is 43.7 Å². The average molecular weight is 354 g/mol. The van der Waals surface area contributed by atoms with Crippen LogP contribution in [0.5, 0.6) is 0 Å². The summed E-state index contributed by atoms with van der Waals surface area (Å²) in [5, 5.41) is 20.4. The van der Waals surface area contributed by atoms with E-state index in [1.54, 1.807) is 6.92 Å². The van der Waals surface area contributed by atoms with Gasteiger partial charge in [0.1, 0.15) is 0 Å². The maximum Gasteiger partial charge on any atom is 0.0762 e. The maximum atomic E-state index is 10.8. The second-order valence-electron chi connectivity index (χ2n) is 6.63. The predicted octanol–water partition coefficient (Wildman–Crippen LogP) is 3.63. The highest BCUT2D eigenvalue weighted by Crippen LogP contribution is 2.42. The Bertz CT molecular complexity index is 520. The van der Waals surface area contributed by atoms with Gasteiger partial charge in [0.25, 0.3) is 0 Å². The van der Waals surface area contributed by atoms with Crippen LogP contribution in [0.15, 0.2) is 22.7 Å². The highest BCUT2D eigenvalue weighted by molar-refractivity contribution is 9.10. The summed E-state index contributed by atoms with van der Waals surface area (Å²) >= 11 is 3.64. The lowest BCUT2D eigenvalue weighted by molar-refractivity contribution is -0.0612. The molecule has 3 rings (SSSR count). The van der Waals surface area contributed by atoms with Gasteiger partial charge in [-0.3, -0.25) is 0 Å². The van der Waals surface area contributed by atoms with Gasteiger partial charge in [0, 0.05) is 23.5 Å². The lowest BCUT2D eigenvalue weighted by atomic mass is 9.71. The van der Waals surface area contributed by atoms with Gasteiger partial charge in [0.2, 0.25) is 0 Å². The number of hydrogen-bond donors (Lipinski definition) is 2. The molecular weight excluding hydrogens is 330 g/mol. The normalized spacial score (nSPS) is 30.9. The third-order valence-electron chi connectivity index (χ3n) is 5.22. The van der Waals surface area contributed by atoms with Crippen molar-refractivity contribution < 1.29 is 10.2 Å². The molecule has 1 saturated carbocycles. The zero-order chi connectivity index (χ0) is 15.0. The first-order chi connectivity index (χ1) is 9.99. The van der Waals surface area contributed by atoms with E-state index in [0.717, 1.165) is 42.4 Å². The number of hydrogen-bond acceptors (Lipinski definition) is 3. The van der Waals surface area contributed by atoms with Crippen LogP contribution < -0.4 is 4.90 Å². The minimum Gasteiger partial charge on any atom is -0.389 e. The molecule has 3 nitrogen and oxygen atoms in total. The number of aliphatic hydroxyl groups excluding tert-OH is 1. The lowest BCUT2D eigenvalue weighted by Gasteiger charge is -2.48. The Labute approximate surface area is 135 Å².